The number of para-hydroxylation sites is 1. The van der Waals surface area contributed by atoms with Crippen molar-refractivity contribution < 1.29 is 8.42 Å². The van der Waals surface area contributed by atoms with Gasteiger partial charge < -0.3 is 0 Å². The number of nitrogens with one attached hydrogen (secondary N) is 1. The predicted octanol–water partition coefficient (Wildman–Crippen LogP) is 6.21. The topological polar surface area (TPSA) is 59.1 Å². The Bertz CT molecular complexity index is 1240. The number of sulfonamides is 1. The molecule has 3 aromatic carbocycles. The van der Waals surface area contributed by atoms with Crippen LogP contribution in [0.3, 0.4) is 0 Å². The van der Waals surface area contributed by atoms with E-state index in [1.807, 2.05) is 24.3 Å². The first-order chi connectivity index (χ1) is 13.4. The van der Waals surface area contributed by atoms with Gasteiger partial charge in [0.25, 0.3) is 0 Å². The van der Waals surface area contributed by atoms with Crippen LogP contribution in [-0.2, 0) is 15.8 Å². The summed E-state index contributed by atoms with van der Waals surface area (Å²) in [5.41, 5.74) is 2.59. The number of nitrogens with zero attached hydrogens (tertiary/aromatic N) is 1. The Balaban J connectivity index is 1.58. The molecule has 0 saturated carbocycles. The average Bonchev–Trinajstić information content (AvgIpc) is 3.07. The molecular formula is C20H14Cl2N2O2S2. The smallest absolute Gasteiger partial charge is 0.236 e. The van der Waals surface area contributed by atoms with E-state index in [1.54, 1.807) is 42.5 Å². The van der Waals surface area contributed by atoms with Gasteiger partial charge in [0.15, 0.2) is 0 Å². The van der Waals surface area contributed by atoms with Gasteiger partial charge in [-0.3, -0.25) is 4.72 Å². The molecule has 0 aliphatic rings. The van der Waals surface area contributed by atoms with Crippen LogP contribution in [0.4, 0.5) is 5.69 Å². The molecule has 0 saturated heterocycles. The second-order valence-electron chi connectivity index (χ2n) is 6.13. The number of aromatic nitrogens is 1. The van der Waals surface area contributed by atoms with Gasteiger partial charge in [0.1, 0.15) is 5.01 Å². The molecule has 0 bridgehead atoms. The van der Waals surface area contributed by atoms with Crippen molar-refractivity contribution in [3.63, 3.8) is 0 Å². The Hall–Kier alpha value is -2.12. The van der Waals surface area contributed by atoms with E-state index in [1.165, 1.54) is 11.3 Å². The normalized spacial score (nSPS) is 11.6. The van der Waals surface area contributed by atoms with Gasteiger partial charge in [-0.15, -0.1) is 11.3 Å². The van der Waals surface area contributed by atoms with Crippen LogP contribution in [0.25, 0.3) is 20.8 Å². The molecule has 142 valence electrons. The van der Waals surface area contributed by atoms with Crippen LogP contribution in [0.15, 0.2) is 66.7 Å². The average molecular weight is 449 g/mol. The Morgan fingerprint density at radius 2 is 1.68 bits per heavy atom. The SMILES string of the molecule is O=S(=O)(Cc1ccccc1Cl)Nc1ccc(-c2nc3ccccc3s2)c(Cl)c1. The third-order valence-electron chi connectivity index (χ3n) is 4.07. The van der Waals surface area contributed by atoms with Crippen LogP contribution in [-0.4, -0.2) is 13.4 Å². The minimum atomic E-state index is -3.63. The molecule has 1 aromatic heterocycles. The molecule has 0 fully saturated rings. The highest BCUT2D eigenvalue weighted by Gasteiger charge is 2.16. The number of thiazole rings is 1. The van der Waals surface area contributed by atoms with Crippen LogP contribution in [0.2, 0.25) is 10.0 Å². The van der Waals surface area contributed by atoms with Gasteiger partial charge >= 0.3 is 0 Å². The number of anilines is 1. The maximum absolute atomic E-state index is 12.5. The molecule has 0 unspecified atom stereocenters. The Labute approximate surface area is 176 Å². The molecule has 0 atom stereocenters. The zero-order valence-corrected chi connectivity index (χ0v) is 17.5. The lowest BCUT2D eigenvalue weighted by Crippen LogP contribution is -2.15. The van der Waals surface area contributed by atoms with E-state index in [0.29, 0.717) is 21.3 Å². The van der Waals surface area contributed by atoms with E-state index in [2.05, 4.69) is 9.71 Å². The maximum Gasteiger partial charge on any atom is 0.236 e. The molecule has 8 heteroatoms. The zero-order valence-electron chi connectivity index (χ0n) is 14.4. The zero-order chi connectivity index (χ0) is 19.7. The second-order valence-corrected chi connectivity index (χ2v) is 9.70. The van der Waals surface area contributed by atoms with E-state index >= 15 is 0 Å². The van der Waals surface area contributed by atoms with E-state index in [0.717, 1.165) is 20.8 Å². The first-order valence-corrected chi connectivity index (χ1v) is 11.5. The largest absolute Gasteiger partial charge is 0.283 e. The fourth-order valence-corrected chi connectivity index (χ4v) is 5.61. The quantitative estimate of drug-likeness (QED) is 0.394. The Morgan fingerprint density at radius 3 is 2.43 bits per heavy atom. The lowest BCUT2D eigenvalue weighted by molar-refractivity contribution is 0.600. The molecule has 0 radical (unpaired) electrons. The van der Waals surface area contributed by atoms with Crippen LogP contribution < -0.4 is 4.72 Å². The summed E-state index contributed by atoms with van der Waals surface area (Å²) in [5, 5.41) is 1.63. The lowest BCUT2D eigenvalue weighted by Gasteiger charge is -2.10. The number of rotatable bonds is 5. The minimum absolute atomic E-state index is 0.218. The highest BCUT2D eigenvalue weighted by atomic mass is 35.5. The summed E-state index contributed by atoms with van der Waals surface area (Å²) in [7, 11) is -3.63. The minimum Gasteiger partial charge on any atom is -0.283 e. The summed E-state index contributed by atoms with van der Waals surface area (Å²) in [5.74, 6) is -0.218. The van der Waals surface area contributed by atoms with Crippen molar-refractivity contribution >= 4 is 60.5 Å². The third kappa shape index (κ3) is 4.15. The molecule has 0 aliphatic carbocycles. The van der Waals surface area contributed by atoms with E-state index in [9.17, 15) is 8.42 Å². The molecule has 1 heterocycles. The van der Waals surface area contributed by atoms with Crippen LogP contribution in [0.5, 0.6) is 0 Å². The molecule has 4 aromatic rings. The molecule has 0 amide bonds. The number of fused-ring (bicyclic) bond motifs is 1. The lowest BCUT2D eigenvalue weighted by atomic mass is 10.2. The second kappa shape index (κ2) is 7.72. The molecule has 4 rings (SSSR count). The highest BCUT2D eigenvalue weighted by molar-refractivity contribution is 7.91. The molecule has 1 N–H and O–H groups in total. The van der Waals surface area contributed by atoms with E-state index < -0.39 is 10.0 Å². The number of halogens is 2. The summed E-state index contributed by atoms with van der Waals surface area (Å²) in [6.07, 6.45) is 0. The van der Waals surface area contributed by atoms with Crippen molar-refractivity contribution in [2.75, 3.05) is 4.72 Å². The Morgan fingerprint density at radius 1 is 0.929 bits per heavy atom. The summed E-state index contributed by atoms with van der Waals surface area (Å²) >= 11 is 14.0. The molecule has 28 heavy (non-hydrogen) atoms. The first kappa shape index (κ1) is 19.2. The number of hydrogen-bond donors (Lipinski definition) is 1. The summed E-state index contributed by atoms with van der Waals surface area (Å²) in [6, 6.07) is 19.7. The fraction of sp³-hybridized carbons (Fsp3) is 0.0500. The standard InChI is InChI=1S/C20H14Cl2N2O2S2/c21-16-6-2-1-5-13(16)12-28(25,26)24-14-9-10-15(17(22)11-14)20-23-18-7-3-4-8-19(18)27-20/h1-11,24H,12H2. The van der Waals surface area contributed by atoms with Crippen LogP contribution >= 0.6 is 34.5 Å². The summed E-state index contributed by atoms with van der Waals surface area (Å²) in [6.45, 7) is 0. The third-order valence-corrected chi connectivity index (χ3v) is 7.06. The van der Waals surface area contributed by atoms with Crippen molar-refractivity contribution in [1.82, 2.24) is 4.98 Å². The van der Waals surface area contributed by atoms with Crippen molar-refractivity contribution in [1.29, 1.82) is 0 Å². The molecular weight excluding hydrogens is 435 g/mol. The maximum atomic E-state index is 12.5. The molecule has 0 spiro atoms. The van der Waals surface area contributed by atoms with Crippen LogP contribution in [0, 0.1) is 0 Å². The van der Waals surface area contributed by atoms with Gasteiger partial charge in [-0.05, 0) is 42.0 Å². The van der Waals surface area contributed by atoms with Crippen LogP contribution in [0.1, 0.15) is 5.56 Å². The number of benzene rings is 3. The fourth-order valence-electron chi connectivity index (χ4n) is 2.78. The van der Waals surface area contributed by atoms with Gasteiger partial charge in [0.05, 0.1) is 26.7 Å². The summed E-state index contributed by atoms with van der Waals surface area (Å²) in [4.78, 5) is 4.59. The van der Waals surface area contributed by atoms with Crippen molar-refractivity contribution in [2.45, 2.75) is 5.75 Å². The number of hydrogen-bond acceptors (Lipinski definition) is 4. The van der Waals surface area contributed by atoms with Gasteiger partial charge in [-0.1, -0.05) is 53.5 Å². The van der Waals surface area contributed by atoms with Crippen molar-refractivity contribution in [2.24, 2.45) is 0 Å². The van der Waals surface area contributed by atoms with E-state index in [4.69, 9.17) is 23.2 Å². The molecule has 4 nitrogen and oxygen atoms in total. The Kier molecular flexibility index (Phi) is 5.29. The molecule has 0 aliphatic heterocycles. The van der Waals surface area contributed by atoms with Crippen molar-refractivity contribution in [3.8, 4) is 10.6 Å². The van der Waals surface area contributed by atoms with Crippen molar-refractivity contribution in [3.05, 3.63) is 82.3 Å². The van der Waals surface area contributed by atoms with E-state index in [-0.39, 0.29) is 5.75 Å². The highest BCUT2D eigenvalue weighted by Crippen LogP contribution is 2.35. The van der Waals surface area contributed by atoms with Gasteiger partial charge in [0, 0.05) is 10.6 Å². The van der Waals surface area contributed by atoms with Gasteiger partial charge in [-0.2, -0.15) is 0 Å². The van der Waals surface area contributed by atoms with Gasteiger partial charge in [0.2, 0.25) is 10.0 Å². The predicted molar refractivity (Wildman–Crippen MR) is 118 cm³/mol. The summed E-state index contributed by atoms with van der Waals surface area (Å²) < 4.78 is 28.6. The monoisotopic (exact) mass is 448 g/mol. The van der Waals surface area contributed by atoms with Gasteiger partial charge in [-0.25, -0.2) is 13.4 Å². The first-order valence-electron chi connectivity index (χ1n) is 8.31.